The molecule has 1 atom stereocenters. The fraction of sp³-hybridized carbons (Fsp3) is 0.375. The number of carbonyl (C=O) groups excluding carboxylic acids is 2. The van der Waals surface area contributed by atoms with Gasteiger partial charge in [0.05, 0.1) is 31.9 Å². The highest BCUT2D eigenvalue weighted by atomic mass is 16.5. The summed E-state index contributed by atoms with van der Waals surface area (Å²) in [5.74, 6) is -0.839. The zero-order valence-corrected chi connectivity index (χ0v) is 18.3. The summed E-state index contributed by atoms with van der Waals surface area (Å²) < 4.78 is 10.6. The Morgan fingerprint density at radius 3 is 2.66 bits per heavy atom. The molecule has 2 fully saturated rings. The second-order valence-electron chi connectivity index (χ2n) is 7.91. The van der Waals surface area contributed by atoms with Gasteiger partial charge in [0.25, 0.3) is 11.7 Å². The van der Waals surface area contributed by atoms with E-state index in [9.17, 15) is 14.7 Å². The van der Waals surface area contributed by atoms with Crippen molar-refractivity contribution in [3.63, 3.8) is 0 Å². The van der Waals surface area contributed by atoms with Gasteiger partial charge in [-0.15, -0.1) is 0 Å². The number of rotatable bonds is 6. The Morgan fingerprint density at radius 2 is 2.00 bits per heavy atom. The van der Waals surface area contributed by atoms with Crippen LogP contribution in [-0.4, -0.2) is 78.1 Å². The number of aliphatic hydroxyl groups excluding tert-OH is 1. The number of hydrogen-bond acceptors (Lipinski definition) is 7. The lowest BCUT2D eigenvalue weighted by Crippen LogP contribution is -2.42. The molecule has 2 aliphatic rings. The van der Waals surface area contributed by atoms with Gasteiger partial charge in [-0.05, 0) is 42.3 Å². The predicted molar refractivity (Wildman–Crippen MR) is 118 cm³/mol. The molecule has 8 heteroatoms. The normalized spacial score (nSPS) is 21.2. The van der Waals surface area contributed by atoms with Crippen LogP contribution in [0, 0.1) is 6.92 Å². The quantitative estimate of drug-likeness (QED) is 0.421. The smallest absolute Gasteiger partial charge is 0.295 e. The number of morpholine rings is 1. The number of benzene rings is 1. The average molecular weight is 437 g/mol. The van der Waals surface area contributed by atoms with E-state index < -0.39 is 17.7 Å². The molecule has 1 N–H and O–H groups in total. The number of likely N-dealkylation sites (tertiary alicyclic amines) is 1. The summed E-state index contributed by atoms with van der Waals surface area (Å²) in [5, 5.41) is 11.2. The SMILES string of the molecule is COc1ccc(/C(O)=C2/C(=O)C(=O)N(CCN3CCOCC3)C2c2cccnc2)c(C)c1. The number of amides is 1. The molecule has 0 radical (unpaired) electrons. The van der Waals surface area contributed by atoms with Crippen LogP contribution in [0.3, 0.4) is 0 Å². The van der Waals surface area contributed by atoms with Gasteiger partial charge >= 0.3 is 0 Å². The number of ketones is 1. The number of ether oxygens (including phenoxy) is 2. The number of pyridine rings is 1. The summed E-state index contributed by atoms with van der Waals surface area (Å²) in [6, 6.07) is 8.07. The van der Waals surface area contributed by atoms with Crippen LogP contribution < -0.4 is 4.74 Å². The summed E-state index contributed by atoms with van der Waals surface area (Å²) in [6.45, 7) is 5.69. The maximum atomic E-state index is 13.1. The zero-order valence-electron chi connectivity index (χ0n) is 18.3. The van der Waals surface area contributed by atoms with E-state index in [2.05, 4.69) is 9.88 Å². The first-order valence-corrected chi connectivity index (χ1v) is 10.6. The lowest BCUT2D eigenvalue weighted by molar-refractivity contribution is -0.140. The highest BCUT2D eigenvalue weighted by molar-refractivity contribution is 6.46. The first kappa shape index (κ1) is 22.0. The second kappa shape index (κ2) is 9.50. The molecule has 2 saturated heterocycles. The average Bonchev–Trinajstić information content (AvgIpc) is 3.08. The number of Topliss-reactive ketones (excluding diaryl/α,β-unsaturated/α-hetero) is 1. The molecule has 0 bridgehead atoms. The van der Waals surface area contributed by atoms with Gasteiger partial charge < -0.3 is 19.5 Å². The molecule has 1 amide bonds. The predicted octanol–water partition coefficient (Wildman–Crippen LogP) is 2.15. The lowest BCUT2D eigenvalue weighted by Gasteiger charge is -2.30. The number of aryl methyl sites for hydroxylation is 1. The molecule has 4 rings (SSSR count). The van der Waals surface area contributed by atoms with Crippen molar-refractivity contribution in [1.29, 1.82) is 0 Å². The summed E-state index contributed by atoms with van der Waals surface area (Å²) in [6.07, 6.45) is 3.27. The minimum atomic E-state index is -0.703. The monoisotopic (exact) mass is 437 g/mol. The summed E-state index contributed by atoms with van der Waals surface area (Å²) in [7, 11) is 1.57. The third-order valence-electron chi connectivity index (χ3n) is 5.99. The van der Waals surface area contributed by atoms with E-state index >= 15 is 0 Å². The molecule has 32 heavy (non-hydrogen) atoms. The van der Waals surface area contributed by atoms with Gasteiger partial charge in [0.2, 0.25) is 0 Å². The molecule has 168 valence electrons. The van der Waals surface area contributed by atoms with E-state index in [0.29, 0.717) is 43.2 Å². The number of carbonyl (C=O) groups is 2. The van der Waals surface area contributed by atoms with Crippen LogP contribution in [0.15, 0.2) is 48.3 Å². The van der Waals surface area contributed by atoms with Crippen molar-refractivity contribution in [2.75, 3.05) is 46.5 Å². The molecular weight excluding hydrogens is 410 g/mol. The van der Waals surface area contributed by atoms with Crippen molar-refractivity contribution in [1.82, 2.24) is 14.8 Å². The molecule has 3 heterocycles. The number of nitrogens with zero attached hydrogens (tertiary/aromatic N) is 3. The van der Waals surface area contributed by atoms with Gasteiger partial charge in [0.1, 0.15) is 11.5 Å². The summed E-state index contributed by atoms with van der Waals surface area (Å²) in [4.78, 5) is 34.1. The summed E-state index contributed by atoms with van der Waals surface area (Å²) in [5.41, 5.74) is 2.00. The largest absolute Gasteiger partial charge is 0.507 e. The van der Waals surface area contributed by atoms with Crippen LogP contribution in [0.1, 0.15) is 22.7 Å². The second-order valence-corrected chi connectivity index (χ2v) is 7.91. The molecule has 0 spiro atoms. The van der Waals surface area contributed by atoms with E-state index in [1.54, 1.807) is 48.7 Å². The first-order valence-electron chi connectivity index (χ1n) is 10.6. The maximum absolute atomic E-state index is 13.1. The van der Waals surface area contributed by atoms with E-state index in [4.69, 9.17) is 9.47 Å². The maximum Gasteiger partial charge on any atom is 0.295 e. The van der Waals surface area contributed by atoms with Crippen LogP contribution in [0.5, 0.6) is 5.75 Å². The third-order valence-corrected chi connectivity index (χ3v) is 5.99. The van der Waals surface area contributed by atoms with Crippen LogP contribution in [0.2, 0.25) is 0 Å². The fourth-order valence-electron chi connectivity index (χ4n) is 4.24. The van der Waals surface area contributed by atoms with Crippen LogP contribution in [0.4, 0.5) is 0 Å². The van der Waals surface area contributed by atoms with Crippen molar-refractivity contribution >= 4 is 17.4 Å². The van der Waals surface area contributed by atoms with E-state index in [-0.39, 0.29) is 11.3 Å². The standard InChI is InChI=1S/C24H27N3O5/c1-16-14-18(31-2)5-6-19(16)22(28)20-21(17-4-3-7-25-15-17)27(24(30)23(20)29)9-8-26-10-12-32-13-11-26/h3-7,14-15,21,28H,8-13H2,1-2H3/b22-20-. The Kier molecular flexibility index (Phi) is 6.53. The topological polar surface area (TPSA) is 92.2 Å². The van der Waals surface area contributed by atoms with Crippen molar-refractivity contribution in [3.8, 4) is 5.75 Å². The zero-order chi connectivity index (χ0) is 22.7. The minimum Gasteiger partial charge on any atom is -0.507 e. The Hall–Kier alpha value is -3.23. The molecule has 1 unspecified atom stereocenters. The van der Waals surface area contributed by atoms with Crippen LogP contribution >= 0.6 is 0 Å². The number of hydrogen-bond donors (Lipinski definition) is 1. The van der Waals surface area contributed by atoms with Crippen LogP contribution in [0.25, 0.3) is 5.76 Å². The Bertz CT molecular complexity index is 1030. The van der Waals surface area contributed by atoms with E-state index in [0.717, 1.165) is 18.7 Å². The minimum absolute atomic E-state index is 0.0817. The Labute approximate surface area is 187 Å². The molecule has 2 aromatic rings. The van der Waals surface area contributed by atoms with Gasteiger partial charge in [-0.3, -0.25) is 19.5 Å². The van der Waals surface area contributed by atoms with Gasteiger partial charge in [0, 0.05) is 44.1 Å². The van der Waals surface area contributed by atoms with Crippen molar-refractivity contribution in [2.24, 2.45) is 0 Å². The van der Waals surface area contributed by atoms with E-state index in [1.807, 2.05) is 13.0 Å². The molecule has 1 aromatic carbocycles. The van der Waals surface area contributed by atoms with Crippen molar-refractivity contribution < 1.29 is 24.2 Å². The highest BCUT2D eigenvalue weighted by Crippen LogP contribution is 2.39. The van der Waals surface area contributed by atoms with Gasteiger partial charge in [-0.25, -0.2) is 0 Å². The van der Waals surface area contributed by atoms with Crippen molar-refractivity contribution in [2.45, 2.75) is 13.0 Å². The lowest BCUT2D eigenvalue weighted by atomic mass is 9.94. The van der Waals surface area contributed by atoms with Gasteiger partial charge in [-0.1, -0.05) is 6.07 Å². The van der Waals surface area contributed by atoms with E-state index in [1.165, 1.54) is 0 Å². The highest BCUT2D eigenvalue weighted by Gasteiger charge is 2.46. The molecule has 8 nitrogen and oxygen atoms in total. The Morgan fingerprint density at radius 1 is 1.22 bits per heavy atom. The number of aromatic nitrogens is 1. The number of aliphatic hydroxyl groups is 1. The Balaban J connectivity index is 1.73. The molecule has 0 saturated carbocycles. The number of methoxy groups -OCH3 is 1. The van der Waals surface area contributed by atoms with Gasteiger partial charge in [-0.2, -0.15) is 0 Å². The first-order chi connectivity index (χ1) is 15.5. The van der Waals surface area contributed by atoms with Crippen molar-refractivity contribution in [3.05, 3.63) is 65.0 Å². The van der Waals surface area contributed by atoms with Crippen LogP contribution in [-0.2, 0) is 14.3 Å². The summed E-state index contributed by atoms with van der Waals surface area (Å²) >= 11 is 0. The molecule has 1 aromatic heterocycles. The van der Waals surface area contributed by atoms with Gasteiger partial charge in [0.15, 0.2) is 0 Å². The molecule has 2 aliphatic heterocycles. The third kappa shape index (κ3) is 4.24. The molecule has 0 aliphatic carbocycles. The molecular formula is C24H27N3O5. The fourth-order valence-corrected chi connectivity index (χ4v) is 4.24.